The molecule has 27 heavy (non-hydrogen) atoms. The van der Waals surface area contributed by atoms with Gasteiger partial charge in [0.25, 0.3) is 0 Å². The molecule has 0 spiro atoms. The van der Waals surface area contributed by atoms with E-state index in [2.05, 4.69) is 12.1 Å². The number of hydrogen-bond acceptors (Lipinski definition) is 5. The summed E-state index contributed by atoms with van der Waals surface area (Å²) in [5.74, 6) is -1.55. The van der Waals surface area contributed by atoms with Crippen LogP contribution >= 0.6 is 11.6 Å². The van der Waals surface area contributed by atoms with Crippen LogP contribution in [0, 0.1) is 34.0 Å². The van der Waals surface area contributed by atoms with Gasteiger partial charge >= 0.3 is 5.97 Å². The minimum absolute atomic E-state index is 0.0414. The van der Waals surface area contributed by atoms with Crippen LogP contribution in [-0.4, -0.2) is 12.6 Å². The Morgan fingerprint density at radius 2 is 2.15 bits per heavy atom. The van der Waals surface area contributed by atoms with Crippen molar-refractivity contribution < 1.29 is 9.53 Å². The highest BCUT2D eigenvalue weighted by atomic mass is 35.5. The summed E-state index contributed by atoms with van der Waals surface area (Å²) in [6.07, 6.45) is 4.47. The molecule has 2 aliphatic rings. The van der Waals surface area contributed by atoms with Crippen molar-refractivity contribution in [2.24, 2.45) is 17.1 Å². The Kier molecular flexibility index (Phi) is 5.26. The summed E-state index contributed by atoms with van der Waals surface area (Å²) >= 11 is 6.47. The van der Waals surface area contributed by atoms with E-state index in [0.29, 0.717) is 10.6 Å². The number of carbonyl (C=O) groups is 1. The van der Waals surface area contributed by atoms with E-state index in [1.165, 1.54) is 0 Å². The van der Waals surface area contributed by atoms with Gasteiger partial charge in [-0.05, 0) is 49.3 Å². The Morgan fingerprint density at radius 3 is 2.78 bits per heavy atom. The Bertz CT molecular complexity index is 922. The van der Waals surface area contributed by atoms with Crippen molar-refractivity contribution >= 4 is 17.6 Å². The zero-order valence-electron chi connectivity index (χ0n) is 15.0. The quantitative estimate of drug-likeness (QED) is 0.798. The number of nitriles is 2. The lowest BCUT2D eigenvalue weighted by Gasteiger charge is -2.45. The van der Waals surface area contributed by atoms with E-state index in [4.69, 9.17) is 22.1 Å². The van der Waals surface area contributed by atoms with Crippen LogP contribution in [0.5, 0.6) is 0 Å². The van der Waals surface area contributed by atoms with E-state index >= 15 is 0 Å². The average Bonchev–Trinajstić information content (AvgIpc) is 2.68. The number of benzene rings is 1. The summed E-state index contributed by atoms with van der Waals surface area (Å²) in [7, 11) is 0. The standard InChI is InChI=1S/C21H20ClN3O2/c1-2-27-20(26)21(12-24)18(15-9-5-6-10-17(15)22)14-8-4-3-7-13(14)16(11-23)19(21)25/h5-7,9-10,14,18H,2-4,8,25H2,1H3/t14-,18-,21-/m0/s1. The summed E-state index contributed by atoms with van der Waals surface area (Å²) in [6, 6.07) is 11.4. The van der Waals surface area contributed by atoms with Crippen LogP contribution in [-0.2, 0) is 9.53 Å². The van der Waals surface area contributed by atoms with Gasteiger partial charge in [0.1, 0.15) is 6.07 Å². The first-order valence-corrected chi connectivity index (χ1v) is 9.34. The van der Waals surface area contributed by atoms with Gasteiger partial charge in [-0.15, -0.1) is 0 Å². The van der Waals surface area contributed by atoms with Crippen molar-refractivity contribution in [3.63, 3.8) is 0 Å². The van der Waals surface area contributed by atoms with Gasteiger partial charge in [0.15, 0.2) is 0 Å². The molecule has 6 heteroatoms. The van der Waals surface area contributed by atoms with Crippen LogP contribution in [0.25, 0.3) is 0 Å². The fourth-order valence-electron chi connectivity index (χ4n) is 4.32. The number of fused-ring (bicyclic) bond motifs is 1. The first-order valence-electron chi connectivity index (χ1n) is 8.96. The van der Waals surface area contributed by atoms with Crippen LogP contribution in [0.15, 0.2) is 47.2 Å². The topological polar surface area (TPSA) is 99.9 Å². The molecule has 0 fully saturated rings. The van der Waals surface area contributed by atoms with Crippen molar-refractivity contribution in [3.8, 4) is 12.1 Å². The lowest BCUT2D eigenvalue weighted by Crippen LogP contribution is -2.49. The third-order valence-corrected chi connectivity index (χ3v) is 5.80. The molecular formula is C21H20ClN3O2. The monoisotopic (exact) mass is 381 g/mol. The number of esters is 1. The fraction of sp³-hybridized carbons (Fsp3) is 0.381. The van der Waals surface area contributed by atoms with E-state index in [0.717, 1.165) is 24.8 Å². The minimum Gasteiger partial charge on any atom is -0.464 e. The molecule has 138 valence electrons. The first-order chi connectivity index (χ1) is 13.0. The maximum atomic E-state index is 13.1. The molecule has 0 saturated carbocycles. The molecule has 3 atom stereocenters. The summed E-state index contributed by atoms with van der Waals surface area (Å²) < 4.78 is 5.26. The second kappa shape index (κ2) is 7.47. The highest BCUT2D eigenvalue weighted by Crippen LogP contribution is 2.57. The number of carbonyl (C=O) groups excluding carboxylic acids is 1. The molecule has 3 rings (SSSR count). The van der Waals surface area contributed by atoms with E-state index in [9.17, 15) is 15.3 Å². The molecule has 1 aromatic carbocycles. The number of nitrogens with two attached hydrogens (primary N) is 1. The first kappa shape index (κ1) is 19.0. The van der Waals surface area contributed by atoms with Crippen molar-refractivity contribution in [2.45, 2.75) is 32.1 Å². The maximum Gasteiger partial charge on any atom is 0.333 e. The third kappa shape index (κ3) is 2.80. The molecule has 0 heterocycles. The average molecular weight is 382 g/mol. The fourth-order valence-corrected chi connectivity index (χ4v) is 4.57. The molecule has 0 radical (unpaired) electrons. The SMILES string of the molecule is CCOC(=O)[C@]1(C#N)C(N)=C(C#N)C2=CCCC[C@@H]2[C@H]1c1ccccc1Cl. The lowest BCUT2D eigenvalue weighted by atomic mass is 9.56. The summed E-state index contributed by atoms with van der Waals surface area (Å²) in [5, 5.41) is 20.4. The molecule has 2 aliphatic carbocycles. The van der Waals surface area contributed by atoms with Gasteiger partial charge in [0, 0.05) is 10.9 Å². The van der Waals surface area contributed by atoms with Gasteiger partial charge in [-0.1, -0.05) is 35.9 Å². The van der Waals surface area contributed by atoms with Crippen molar-refractivity contribution in [1.29, 1.82) is 10.5 Å². The molecule has 0 aromatic heterocycles. The Balaban J connectivity index is 2.38. The third-order valence-electron chi connectivity index (χ3n) is 5.46. The second-order valence-electron chi connectivity index (χ2n) is 6.74. The molecule has 1 aromatic rings. The molecule has 0 amide bonds. The Labute approximate surface area is 163 Å². The van der Waals surface area contributed by atoms with Gasteiger partial charge < -0.3 is 10.5 Å². The van der Waals surface area contributed by atoms with E-state index in [-0.39, 0.29) is 23.8 Å². The van der Waals surface area contributed by atoms with Crippen LogP contribution in [0.3, 0.4) is 0 Å². The van der Waals surface area contributed by atoms with Crippen molar-refractivity contribution in [3.05, 3.63) is 57.8 Å². The van der Waals surface area contributed by atoms with Gasteiger partial charge in [-0.25, -0.2) is 4.79 Å². The van der Waals surface area contributed by atoms with Crippen LogP contribution in [0.1, 0.15) is 37.7 Å². The summed E-state index contributed by atoms with van der Waals surface area (Å²) in [6.45, 7) is 1.79. The smallest absolute Gasteiger partial charge is 0.333 e. The number of rotatable bonds is 3. The van der Waals surface area contributed by atoms with Crippen molar-refractivity contribution in [1.82, 2.24) is 0 Å². The van der Waals surface area contributed by atoms with E-state index < -0.39 is 17.3 Å². The zero-order valence-corrected chi connectivity index (χ0v) is 15.8. The van der Waals surface area contributed by atoms with Gasteiger partial charge in [-0.3, -0.25) is 0 Å². The molecule has 2 N–H and O–H groups in total. The number of halogens is 1. The number of nitrogens with zero attached hydrogens (tertiary/aromatic N) is 2. The number of hydrogen-bond donors (Lipinski definition) is 1. The number of allylic oxidation sites excluding steroid dienone is 3. The molecule has 0 bridgehead atoms. The number of ether oxygens (including phenoxy) is 1. The molecule has 5 nitrogen and oxygen atoms in total. The highest BCUT2D eigenvalue weighted by Gasteiger charge is 2.59. The van der Waals surface area contributed by atoms with Crippen LogP contribution in [0.4, 0.5) is 0 Å². The highest BCUT2D eigenvalue weighted by molar-refractivity contribution is 6.31. The van der Waals surface area contributed by atoms with Crippen LogP contribution in [0.2, 0.25) is 5.02 Å². The predicted molar refractivity (Wildman–Crippen MR) is 101 cm³/mol. The van der Waals surface area contributed by atoms with Crippen molar-refractivity contribution in [2.75, 3.05) is 6.61 Å². The summed E-state index contributed by atoms with van der Waals surface area (Å²) in [5.41, 5.74) is 6.22. The molecule has 0 aliphatic heterocycles. The molecule has 0 unspecified atom stereocenters. The van der Waals surface area contributed by atoms with E-state index in [1.807, 2.05) is 18.2 Å². The Morgan fingerprint density at radius 1 is 1.41 bits per heavy atom. The normalized spacial score (nSPS) is 27.0. The van der Waals surface area contributed by atoms with Gasteiger partial charge in [0.05, 0.1) is 23.9 Å². The predicted octanol–water partition coefficient (Wildman–Crippen LogP) is 3.97. The molecule has 0 saturated heterocycles. The minimum atomic E-state index is -1.79. The second-order valence-corrected chi connectivity index (χ2v) is 7.14. The summed E-state index contributed by atoms with van der Waals surface area (Å²) in [4.78, 5) is 13.1. The van der Waals surface area contributed by atoms with E-state index in [1.54, 1.807) is 19.1 Å². The Hall–Kier alpha value is -2.76. The molecular weight excluding hydrogens is 362 g/mol. The zero-order chi connectivity index (χ0) is 19.6. The maximum absolute atomic E-state index is 13.1. The largest absolute Gasteiger partial charge is 0.464 e. The van der Waals surface area contributed by atoms with Gasteiger partial charge in [-0.2, -0.15) is 10.5 Å². The van der Waals surface area contributed by atoms with Crippen LogP contribution < -0.4 is 5.73 Å². The lowest BCUT2D eigenvalue weighted by molar-refractivity contribution is -0.152. The van der Waals surface area contributed by atoms with Gasteiger partial charge in [0.2, 0.25) is 5.41 Å².